The van der Waals surface area contributed by atoms with Crippen molar-refractivity contribution in [1.82, 2.24) is 5.32 Å². The van der Waals surface area contributed by atoms with E-state index in [1.807, 2.05) is 84.9 Å². The van der Waals surface area contributed by atoms with Gasteiger partial charge in [-0.25, -0.2) is 0 Å². The van der Waals surface area contributed by atoms with E-state index in [1.165, 1.54) is 0 Å². The quantitative estimate of drug-likeness (QED) is 0.668. The van der Waals surface area contributed by atoms with Gasteiger partial charge in [0.1, 0.15) is 0 Å². The monoisotopic (exact) mass is 359 g/mol. The van der Waals surface area contributed by atoms with Gasteiger partial charge >= 0.3 is 0 Å². The summed E-state index contributed by atoms with van der Waals surface area (Å²) in [5, 5.41) is 3.76. The topological polar surface area (TPSA) is 29.1 Å². The molecule has 0 aliphatic carbocycles. The maximum Gasteiger partial charge on any atom is 0.232 e. The highest BCUT2D eigenvalue weighted by Gasteiger charge is 2.34. The molecule has 26 heavy (non-hydrogen) atoms. The third-order valence-electron chi connectivity index (χ3n) is 4.72. The average Bonchev–Trinajstić information content (AvgIpc) is 2.69. The molecule has 0 fully saturated rings. The first-order chi connectivity index (χ1) is 12.7. The van der Waals surface area contributed by atoms with Gasteiger partial charge in [-0.15, -0.1) is 0 Å². The molecular formula is C23H18ClNO. The van der Waals surface area contributed by atoms with Crippen LogP contribution in [0.4, 0.5) is 0 Å². The smallest absolute Gasteiger partial charge is 0.232 e. The van der Waals surface area contributed by atoms with Crippen LogP contribution in [0, 0.1) is 0 Å². The lowest BCUT2D eigenvalue weighted by molar-refractivity contribution is -0.122. The van der Waals surface area contributed by atoms with Crippen LogP contribution < -0.4 is 5.32 Å². The molecule has 4 rings (SSSR count). The molecule has 1 aliphatic rings. The maximum absolute atomic E-state index is 13.1. The molecule has 3 heteroatoms. The summed E-state index contributed by atoms with van der Waals surface area (Å²) in [6, 6.07) is 27.6. The van der Waals surface area contributed by atoms with Crippen molar-refractivity contribution < 1.29 is 4.79 Å². The van der Waals surface area contributed by atoms with Crippen LogP contribution in [0.5, 0.6) is 0 Å². The van der Waals surface area contributed by atoms with Gasteiger partial charge in [-0.2, -0.15) is 0 Å². The highest BCUT2D eigenvalue weighted by molar-refractivity contribution is 6.30. The zero-order valence-electron chi connectivity index (χ0n) is 14.1. The van der Waals surface area contributed by atoms with Crippen molar-refractivity contribution in [3.8, 4) is 0 Å². The number of hydrogen-bond acceptors (Lipinski definition) is 1. The van der Waals surface area contributed by atoms with Gasteiger partial charge in [-0.05, 0) is 28.8 Å². The summed E-state index contributed by atoms with van der Waals surface area (Å²) in [6.45, 7) is 0. The van der Waals surface area contributed by atoms with Crippen molar-refractivity contribution in [3.05, 3.63) is 113 Å². The number of allylic oxidation sites excluding steroid dienone is 1. The Labute approximate surface area is 158 Å². The summed E-state index contributed by atoms with van der Waals surface area (Å²) in [5.74, 6) is -0.371. The first kappa shape index (κ1) is 16.6. The summed E-state index contributed by atoms with van der Waals surface area (Å²) in [4.78, 5) is 13.1. The Morgan fingerprint density at radius 3 is 2.12 bits per heavy atom. The Morgan fingerprint density at radius 2 is 1.42 bits per heavy atom. The predicted molar refractivity (Wildman–Crippen MR) is 106 cm³/mol. The van der Waals surface area contributed by atoms with Gasteiger partial charge in [0.2, 0.25) is 5.91 Å². The largest absolute Gasteiger partial charge is 0.325 e. The minimum atomic E-state index is -0.290. The fourth-order valence-corrected chi connectivity index (χ4v) is 3.70. The molecule has 1 N–H and O–H groups in total. The first-order valence-corrected chi connectivity index (χ1v) is 8.99. The van der Waals surface area contributed by atoms with Gasteiger partial charge in [0.05, 0.1) is 5.92 Å². The van der Waals surface area contributed by atoms with Crippen LogP contribution in [0.3, 0.4) is 0 Å². The van der Waals surface area contributed by atoms with E-state index in [-0.39, 0.29) is 17.7 Å². The minimum Gasteiger partial charge on any atom is -0.325 e. The summed E-state index contributed by atoms with van der Waals surface area (Å²) in [6.07, 6.45) is 2.14. The standard InChI is InChI=1S/C23H18ClNO/c24-19-13-7-12-18(14-19)20-15-21(16-8-3-1-4-9-16)25-23(26)22(20)17-10-5-2-6-11-17/h1-15,20,22H,(H,25,26). The second-order valence-corrected chi connectivity index (χ2v) is 6.84. The number of nitrogens with one attached hydrogen (secondary N) is 1. The maximum atomic E-state index is 13.1. The number of carbonyl (C=O) groups is 1. The Hall–Kier alpha value is -2.84. The Bertz CT molecular complexity index is 950. The van der Waals surface area contributed by atoms with Gasteiger partial charge in [0, 0.05) is 16.6 Å². The van der Waals surface area contributed by atoms with Crippen molar-refractivity contribution >= 4 is 23.2 Å². The Morgan fingerprint density at radius 1 is 0.769 bits per heavy atom. The lowest BCUT2D eigenvalue weighted by Crippen LogP contribution is -2.35. The normalized spacial score (nSPS) is 19.6. The molecule has 0 spiro atoms. The van der Waals surface area contributed by atoms with E-state index >= 15 is 0 Å². The van der Waals surface area contributed by atoms with E-state index in [2.05, 4.69) is 11.4 Å². The first-order valence-electron chi connectivity index (χ1n) is 8.61. The van der Waals surface area contributed by atoms with Gasteiger partial charge < -0.3 is 5.32 Å². The molecule has 3 aromatic carbocycles. The van der Waals surface area contributed by atoms with E-state index in [4.69, 9.17) is 11.6 Å². The summed E-state index contributed by atoms with van der Waals surface area (Å²) < 4.78 is 0. The number of hydrogen-bond donors (Lipinski definition) is 1. The van der Waals surface area contributed by atoms with Crippen LogP contribution in [0.15, 0.2) is 91.0 Å². The summed E-state index contributed by atoms with van der Waals surface area (Å²) in [5.41, 5.74) is 3.88. The number of carbonyl (C=O) groups excluding carboxylic acids is 1. The minimum absolute atomic E-state index is 0.00234. The Kier molecular flexibility index (Phi) is 4.59. The lowest BCUT2D eigenvalue weighted by Gasteiger charge is -2.31. The van der Waals surface area contributed by atoms with E-state index in [9.17, 15) is 4.79 Å². The SMILES string of the molecule is O=C1NC(c2ccccc2)=CC(c2cccc(Cl)c2)C1c1ccccc1. The van der Waals surface area contributed by atoms with Crippen molar-refractivity contribution in [2.24, 2.45) is 0 Å². The van der Waals surface area contributed by atoms with E-state index in [1.54, 1.807) is 0 Å². The number of amides is 1. The van der Waals surface area contributed by atoms with Crippen LogP contribution in [-0.4, -0.2) is 5.91 Å². The van der Waals surface area contributed by atoms with Gasteiger partial charge in [-0.3, -0.25) is 4.79 Å². The summed E-state index contributed by atoms with van der Waals surface area (Å²) in [7, 11) is 0. The van der Waals surface area contributed by atoms with E-state index < -0.39 is 0 Å². The van der Waals surface area contributed by atoms with Crippen LogP contribution in [0.1, 0.15) is 28.5 Å². The molecule has 128 valence electrons. The van der Waals surface area contributed by atoms with E-state index in [0.717, 1.165) is 22.4 Å². The molecule has 2 nitrogen and oxygen atoms in total. The molecule has 0 bridgehead atoms. The molecule has 2 atom stereocenters. The molecule has 0 aromatic heterocycles. The Balaban J connectivity index is 1.84. The number of benzene rings is 3. The molecule has 2 unspecified atom stereocenters. The fraction of sp³-hybridized carbons (Fsp3) is 0.0870. The van der Waals surface area contributed by atoms with Crippen LogP contribution in [0.2, 0.25) is 5.02 Å². The second-order valence-electron chi connectivity index (χ2n) is 6.40. The molecule has 3 aromatic rings. The third-order valence-corrected chi connectivity index (χ3v) is 4.96. The number of halogens is 1. The predicted octanol–water partition coefficient (Wildman–Crippen LogP) is 5.38. The van der Waals surface area contributed by atoms with Crippen LogP contribution in [0.25, 0.3) is 5.70 Å². The zero-order chi connectivity index (χ0) is 17.9. The van der Waals surface area contributed by atoms with Crippen LogP contribution in [-0.2, 0) is 4.79 Å². The van der Waals surface area contributed by atoms with Crippen molar-refractivity contribution in [2.75, 3.05) is 0 Å². The molecule has 0 radical (unpaired) electrons. The van der Waals surface area contributed by atoms with Crippen molar-refractivity contribution in [2.45, 2.75) is 11.8 Å². The molecule has 1 aliphatic heterocycles. The van der Waals surface area contributed by atoms with Crippen molar-refractivity contribution in [3.63, 3.8) is 0 Å². The highest BCUT2D eigenvalue weighted by atomic mass is 35.5. The summed E-state index contributed by atoms with van der Waals surface area (Å²) >= 11 is 6.23. The molecule has 0 saturated heterocycles. The molecule has 1 heterocycles. The van der Waals surface area contributed by atoms with Crippen molar-refractivity contribution in [1.29, 1.82) is 0 Å². The zero-order valence-corrected chi connectivity index (χ0v) is 14.9. The lowest BCUT2D eigenvalue weighted by atomic mass is 9.78. The molecular weight excluding hydrogens is 342 g/mol. The van der Waals surface area contributed by atoms with Crippen LogP contribution >= 0.6 is 11.6 Å². The van der Waals surface area contributed by atoms with Gasteiger partial charge in [0.25, 0.3) is 0 Å². The fourth-order valence-electron chi connectivity index (χ4n) is 3.50. The molecule has 1 amide bonds. The average molecular weight is 360 g/mol. The molecule has 0 saturated carbocycles. The number of rotatable bonds is 3. The van der Waals surface area contributed by atoms with Gasteiger partial charge in [0.15, 0.2) is 0 Å². The van der Waals surface area contributed by atoms with Gasteiger partial charge in [-0.1, -0.05) is 90.5 Å². The van der Waals surface area contributed by atoms with E-state index in [0.29, 0.717) is 5.02 Å². The third kappa shape index (κ3) is 3.29. The highest BCUT2D eigenvalue weighted by Crippen LogP contribution is 2.40. The second kappa shape index (κ2) is 7.19.